The molecule has 1 amide bonds. The van der Waals surface area contributed by atoms with E-state index >= 15 is 0 Å². The third kappa shape index (κ3) is 6.45. The summed E-state index contributed by atoms with van der Waals surface area (Å²) in [5.41, 5.74) is -0.422. The van der Waals surface area contributed by atoms with E-state index in [1.165, 1.54) is 6.92 Å². The summed E-state index contributed by atoms with van der Waals surface area (Å²) in [6, 6.07) is 10.1. The molecule has 5 nitrogen and oxygen atoms in total. The fourth-order valence-corrected chi connectivity index (χ4v) is 2.33. The van der Waals surface area contributed by atoms with Crippen LogP contribution in [0.5, 0.6) is 5.75 Å². The average Bonchev–Trinajstić information content (AvgIpc) is 2.63. The zero-order chi connectivity index (χ0) is 20.7. The minimum Gasteiger partial charge on any atom is -0.474 e. The molecule has 9 heteroatoms. The highest BCUT2D eigenvalue weighted by Gasteiger charge is 2.30. The van der Waals surface area contributed by atoms with E-state index in [0.29, 0.717) is 10.6 Å². The number of alkyl halides is 3. The smallest absolute Gasteiger partial charge is 0.416 e. The first-order valence-electron chi connectivity index (χ1n) is 8.17. The van der Waals surface area contributed by atoms with E-state index in [1.54, 1.807) is 24.3 Å². The van der Waals surface area contributed by atoms with Gasteiger partial charge in [0, 0.05) is 17.5 Å². The Morgan fingerprint density at radius 1 is 1.07 bits per heavy atom. The monoisotopic (exact) mass is 415 g/mol. The molecule has 1 N–H and O–H groups in total. The molecule has 1 unspecified atom stereocenters. The minimum absolute atomic E-state index is 0.0618. The van der Waals surface area contributed by atoms with Crippen molar-refractivity contribution in [2.24, 2.45) is 0 Å². The van der Waals surface area contributed by atoms with Crippen LogP contribution in [0, 0.1) is 0 Å². The van der Waals surface area contributed by atoms with Crippen molar-refractivity contribution >= 4 is 23.5 Å². The van der Waals surface area contributed by atoms with Crippen LogP contribution in [-0.2, 0) is 20.5 Å². The number of esters is 1. The molecule has 0 fully saturated rings. The molecular weight excluding hydrogens is 399 g/mol. The second kappa shape index (κ2) is 9.45. The fourth-order valence-electron chi connectivity index (χ4n) is 2.20. The number of ether oxygens (including phenoxy) is 2. The second-order valence-electron chi connectivity index (χ2n) is 5.72. The Hall–Kier alpha value is -2.74. The Bertz CT molecular complexity index is 807. The maximum absolute atomic E-state index is 12.7. The van der Waals surface area contributed by atoms with Crippen molar-refractivity contribution in [3.63, 3.8) is 0 Å². The highest BCUT2D eigenvalue weighted by atomic mass is 35.5. The van der Waals surface area contributed by atoms with Crippen LogP contribution in [0.3, 0.4) is 0 Å². The molecule has 2 rings (SSSR count). The first-order valence-corrected chi connectivity index (χ1v) is 8.55. The Morgan fingerprint density at radius 3 is 2.21 bits per heavy atom. The van der Waals surface area contributed by atoms with Crippen LogP contribution in [0.2, 0.25) is 5.02 Å². The van der Waals surface area contributed by atoms with E-state index in [2.05, 4.69) is 5.32 Å². The van der Waals surface area contributed by atoms with Crippen LogP contribution >= 0.6 is 11.6 Å². The summed E-state index contributed by atoms with van der Waals surface area (Å²) < 4.78 is 48.7. The first-order chi connectivity index (χ1) is 13.2. The number of carbonyl (C=O) groups excluding carboxylic acids is 2. The molecule has 2 aromatic carbocycles. The number of hydrogen-bond acceptors (Lipinski definition) is 4. The van der Waals surface area contributed by atoms with Crippen molar-refractivity contribution in [1.82, 2.24) is 5.32 Å². The summed E-state index contributed by atoms with van der Waals surface area (Å²) in [6.07, 6.45) is -5.69. The number of hydrogen-bond donors (Lipinski definition) is 1. The summed E-state index contributed by atoms with van der Waals surface area (Å²) in [7, 11) is 0. The van der Waals surface area contributed by atoms with Crippen molar-refractivity contribution in [2.45, 2.75) is 19.2 Å². The number of benzene rings is 2. The van der Waals surface area contributed by atoms with Crippen LogP contribution in [0.15, 0.2) is 48.5 Å². The molecule has 28 heavy (non-hydrogen) atoms. The SMILES string of the molecule is CC(=O)NCCOC(=O)C(Oc1ccc(C(F)(F)F)cc1)c1ccc(Cl)cc1. The number of rotatable bonds is 7. The highest BCUT2D eigenvalue weighted by Crippen LogP contribution is 2.31. The van der Waals surface area contributed by atoms with Crippen molar-refractivity contribution in [3.8, 4) is 5.75 Å². The van der Waals surface area contributed by atoms with Crippen LogP contribution in [0.25, 0.3) is 0 Å². The lowest BCUT2D eigenvalue weighted by atomic mass is 10.1. The van der Waals surface area contributed by atoms with Gasteiger partial charge in [-0.05, 0) is 36.4 Å². The number of amides is 1. The summed E-state index contributed by atoms with van der Waals surface area (Å²) >= 11 is 5.84. The molecule has 0 heterocycles. The largest absolute Gasteiger partial charge is 0.474 e. The van der Waals surface area contributed by atoms with Crippen LogP contribution < -0.4 is 10.1 Å². The first kappa shape index (κ1) is 21.6. The summed E-state index contributed by atoms with van der Waals surface area (Å²) in [4.78, 5) is 23.3. The molecule has 1 atom stereocenters. The third-order valence-corrected chi connectivity index (χ3v) is 3.79. The van der Waals surface area contributed by atoms with Crippen molar-refractivity contribution in [3.05, 3.63) is 64.7 Å². The van der Waals surface area contributed by atoms with Crippen LogP contribution in [-0.4, -0.2) is 25.0 Å². The van der Waals surface area contributed by atoms with Gasteiger partial charge in [0.1, 0.15) is 12.4 Å². The topological polar surface area (TPSA) is 64.6 Å². The molecule has 150 valence electrons. The Kier molecular flexibility index (Phi) is 7.28. The molecule has 0 bridgehead atoms. The standard InChI is InChI=1S/C19H17ClF3NO4/c1-12(25)24-10-11-27-18(26)17(13-2-6-15(20)7-3-13)28-16-8-4-14(5-9-16)19(21,22)23/h2-9,17H,10-11H2,1H3,(H,24,25). The molecule has 2 aromatic rings. The number of halogens is 4. The van der Waals surface area contributed by atoms with Crippen LogP contribution in [0.4, 0.5) is 13.2 Å². The predicted molar refractivity (Wildman–Crippen MR) is 95.9 cm³/mol. The van der Waals surface area contributed by atoms with Gasteiger partial charge in [-0.2, -0.15) is 13.2 Å². The zero-order valence-corrected chi connectivity index (χ0v) is 15.5. The highest BCUT2D eigenvalue weighted by molar-refractivity contribution is 6.30. The van der Waals surface area contributed by atoms with Crippen LogP contribution in [0.1, 0.15) is 24.2 Å². The molecular formula is C19H17ClF3NO4. The second-order valence-corrected chi connectivity index (χ2v) is 6.16. The Labute approximate surface area is 164 Å². The fraction of sp³-hybridized carbons (Fsp3) is 0.263. The minimum atomic E-state index is -4.48. The van der Waals surface area contributed by atoms with E-state index in [9.17, 15) is 22.8 Å². The van der Waals surface area contributed by atoms with Gasteiger partial charge in [0.25, 0.3) is 0 Å². The van der Waals surface area contributed by atoms with E-state index < -0.39 is 23.8 Å². The maximum Gasteiger partial charge on any atom is 0.416 e. The van der Waals surface area contributed by atoms with E-state index in [0.717, 1.165) is 24.3 Å². The van der Waals surface area contributed by atoms with Gasteiger partial charge in [-0.15, -0.1) is 0 Å². The predicted octanol–water partition coefficient (Wildman–Crippen LogP) is 4.16. The summed E-state index contributed by atoms with van der Waals surface area (Å²) in [5, 5.41) is 2.92. The van der Waals surface area contributed by atoms with Crippen molar-refractivity contribution in [2.75, 3.05) is 13.2 Å². The summed E-state index contributed by atoms with van der Waals surface area (Å²) in [6.45, 7) is 1.36. The van der Waals surface area contributed by atoms with Gasteiger partial charge in [-0.3, -0.25) is 4.79 Å². The molecule has 0 spiro atoms. The Balaban J connectivity index is 2.15. The van der Waals surface area contributed by atoms with Gasteiger partial charge in [-0.1, -0.05) is 23.7 Å². The average molecular weight is 416 g/mol. The molecule has 0 aliphatic heterocycles. The molecule has 0 aliphatic carbocycles. The Morgan fingerprint density at radius 2 is 1.68 bits per heavy atom. The van der Waals surface area contributed by atoms with Gasteiger partial charge in [0.05, 0.1) is 12.1 Å². The van der Waals surface area contributed by atoms with Gasteiger partial charge in [0.15, 0.2) is 0 Å². The normalized spacial score (nSPS) is 12.2. The third-order valence-electron chi connectivity index (χ3n) is 3.54. The lowest BCUT2D eigenvalue weighted by Gasteiger charge is -2.19. The van der Waals surface area contributed by atoms with Crippen molar-refractivity contribution < 1.29 is 32.2 Å². The molecule has 0 aliphatic rings. The van der Waals surface area contributed by atoms with E-state index in [1.807, 2.05) is 0 Å². The van der Waals surface area contributed by atoms with Gasteiger partial charge < -0.3 is 14.8 Å². The number of carbonyl (C=O) groups is 2. The van der Waals surface area contributed by atoms with Gasteiger partial charge >= 0.3 is 12.1 Å². The van der Waals surface area contributed by atoms with Gasteiger partial charge in [0.2, 0.25) is 12.0 Å². The quantitative estimate of drug-likeness (QED) is 0.545. The molecule has 0 saturated carbocycles. The number of nitrogens with one attached hydrogen (secondary N) is 1. The summed E-state index contributed by atoms with van der Waals surface area (Å²) in [5.74, 6) is -0.967. The van der Waals surface area contributed by atoms with Gasteiger partial charge in [-0.25, -0.2) is 4.79 Å². The lowest BCUT2D eigenvalue weighted by Crippen LogP contribution is -2.28. The van der Waals surface area contributed by atoms with E-state index in [-0.39, 0.29) is 24.8 Å². The lowest BCUT2D eigenvalue weighted by molar-refractivity contribution is -0.152. The van der Waals surface area contributed by atoms with Crippen molar-refractivity contribution in [1.29, 1.82) is 0 Å². The molecule has 0 saturated heterocycles. The molecule has 0 radical (unpaired) electrons. The molecule has 0 aromatic heterocycles. The zero-order valence-electron chi connectivity index (χ0n) is 14.8. The van der Waals surface area contributed by atoms with E-state index in [4.69, 9.17) is 21.1 Å². The maximum atomic E-state index is 12.7.